The molecule has 0 atom stereocenters. The SMILES string of the molecule is CCONc1ccccc1C(=O)OCC. The van der Waals surface area contributed by atoms with Crippen LogP contribution in [0, 0.1) is 0 Å². The third-order valence-electron chi connectivity index (χ3n) is 1.75. The van der Waals surface area contributed by atoms with Crippen molar-refractivity contribution in [2.75, 3.05) is 18.7 Å². The van der Waals surface area contributed by atoms with Crippen LogP contribution in [0.15, 0.2) is 24.3 Å². The van der Waals surface area contributed by atoms with Gasteiger partial charge in [0, 0.05) is 0 Å². The van der Waals surface area contributed by atoms with Crippen molar-refractivity contribution in [3.63, 3.8) is 0 Å². The summed E-state index contributed by atoms with van der Waals surface area (Å²) in [5.41, 5.74) is 3.80. The van der Waals surface area contributed by atoms with Gasteiger partial charge in [0.1, 0.15) is 0 Å². The minimum Gasteiger partial charge on any atom is -0.462 e. The zero-order valence-corrected chi connectivity index (χ0v) is 8.95. The van der Waals surface area contributed by atoms with Crippen LogP contribution in [0.4, 0.5) is 5.69 Å². The molecule has 0 heterocycles. The van der Waals surface area contributed by atoms with Gasteiger partial charge in [0.2, 0.25) is 0 Å². The molecule has 4 heteroatoms. The van der Waals surface area contributed by atoms with Crippen LogP contribution in [-0.2, 0) is 9.57 Å². The zero-order chi connectivity index (χ0) is 11.1. The van der Waals surface area contributed by atoms with Gasteiger partial charge in [-0.2, -0.15) is 0 Å². The highest BCUT2D eigenvalue weighted by atomic mass is 16.6. The van der Waals surface area contributed by atoms with E-state index >= 15 is 0 Å². The standard InChI is InChI=1S/C11H15NO3/c1-3-14-11(13)9-7-5-6-8-10(9)12-15-4-2/h5-8,12H,3-4H2,1-2H3. The molecule has 0 unspecified atom stereocenters. The van der Waals surface area contributed by atoms with Gasteiger partial charge < -0.3 is 4.74 Å². The fourth-order valence-corrected chi connectivity index (χ4v) is 1.11. The summed E-state index contributed by atoms with van der Waals surface area (Å²) < 4.78 is 4.91. The van der Waals surface area contributed by atoms with Crippen LogP contribution in [-0.4, -0.2) is 19.2 Å². The maximum Gasteiger partial charge on any atom is 0.340 e. The lowest BCUT2D eigenvalue weighted by Gasteiger charge is -2.09. The van der Waals surface area contributed by atoms with E-state index in [4.69, 9.17) is 9.57 Å². The number of anilines is 1. The molecule has 1 N–H and O–H groups in total. The van der Waals surface area contributed by atoms with Crippen molar-refractivity contribution in [1.29, 1.82) is 0 Å². The Balaban J connectivity index is 2.80. The van der Waals surface area contributed by atoms with Crippen molar-refractivity contribution in [3.8, 4) is 0 Å². The van der Waals surface area contributed by atoms with Gasteiger partial charge in [-0.05, 0) is 26.0 Å². The number of hydrogen-bond donors (Lipinski definition) is 1. The van der Waals surface area contributed by atoms with Gasteiger partial charge in [0.05, 0.1) is 24.5 Å². The summed E-state index contributed by atoms with van der Waals surface area (Å²) in [6, 6.07) is 7.06. The second-order valence-electron chi connectivity index (χ2n) is 2.80. The van der Waals surface area contributed by atoms with Crippen LogP contribution in [0.2, 0.25) is 0 Å². The number of carbonyl (C=O) groups excluding carboxylic acids is 1. The highest BCUT2D eigenvalue weighted by molar-refractivity contribution is 5.95. The number of hydrogen-bond acceptors (Lipinski definition) is 4. The molecule has 0 radical (unpaired) electrons. The van der Waals surface area contributed by atoms with Crippen LogP contribution in [0.25, 0.3) is 0 Å². The topological polar surface area (TPSA) is 47.6 Å². The zero-order valence-electron chi connectivity index (χ0n) is 8.95. The predicted molar refractivity (Wildman–Crippen MR) is 57.6 cm³/mol. The first kappa shape index (κ1) is 11.5. The Labute approximate surface area is 89.1 Å². The number of para-hydroxylation sites is 1. The molecule has 0 amide bonds. The second-order valence-corrected chi connectivity index (χ2v) is 2.80. The van der Waals surface area contributed by atoms with E-state index < -0.39 is 0 Å². The van der Waals surface area contributed by atoms with Crippen molar-refractivity contribution in [2.45, 2.75) is 13.8 Å². The number of rotatable bonds is 5. The average molecular weight is 209 g/mol. The van der Waals surface area contributed by atoms with Crippen LogP contribution < -0.4 is 5.48 Å². The number of ether oxygens (including phenoxy) is 1. The summed E-state index contributed by atoms with van der Waals surface area (Å²) in [6.07, 6.45) is 0. The fourth-order valence-electron chi connectivity index (χ4n) is 1.11. The molecular weight excluding hydrogens is 194 g/mol. The lowest BCUT2D eigenvalue weighted by Crippen LogP contribution is -2.10. The molecule has 0 spiro atoms. The van der Waals surface area contributed by atoms with E-state index in [0.717, 1.165) is 0 Å². The van der Waals surface area contributed by atoms with Gasteiger partial charge in [-0.3, -0.25) is 10.3 Å². The molecule has 0 aliphatic carbocycles. The molecule has 0 fully saturated rings. The van der Waals surface area contributed by atoms with Gasteiger partial charge in [-0.25, -0.2) is 4.79 Å². The molecular formula is C11H15NO3. The molecule has 0 aromatic heterocycles. The summed E-state index contributed by atoms with van der Waals surface area (Å²) in [6.45, 7) is 4.52. The highest BCUT2D eigenvalue weighted by Gasteiger charge is 2.11. The van der Waals surface area contributed by atoms with E-state index in [1.54, 1.807) is 25.1 Å². The predicted octanol–water partition coefficient (Wildman–Crippen LogP) is 2.23. The van der Waals surface area contributed by atoms with E-state index in [-0.39, 0.29) is 5.97 Å². The number of nitrogens with one attached hydrogen (secondary N) is 1. The Morgan fingerprint density at radius 3 is 2.67 bits per heavy atom. The smallest absolute Gasteiger partial charge is 0.340 e. The lowest BCUT2D eigenvalue weighted by molar-refractivity contribution is 0.0526. The van der Waals surface area contributed by atoms with Gasteiger partial charge in [0.25, 0.3) is 0 Å². The average Bonchev–Trinajstić information content (AvgIpc) is 2.27. The molecule has 0 bridgehead atoms. The Kier molecular flexibility index (Phi) is 4.63. The van der Waals surface area contributed by atoms with E-state index in [9.17, 15) is 4.79 Å². The molecule has 0 aliphatic heterocycles. The van der Waals surface area contributed by atoms with E-state index in [1.807, 2.05) is 13.0 Å². The summed E-state index contributed by atoms with van der Waals surface area (Å²) in [5, 5.41) is 0. The monoisotopic (exact) mass is 209 g/mol. The second kappa shape index (κ2) is 6.03. The third-order valence-corrected chi connectivity index (χ3v) is 1.75. The van der Waals surface area contributed by atoms with Crippen LogP contribution in [0.1, 0.15) is 24.2 Å². The number of benzene rings is 1. The molecule has 4 nitrogen and oxygen atoms in total. The van der Waals surface area contributed by atoms with Crippen molar-refractivity contribution < 1.29 is 14.4 Å². The van der Waals surface area contributed by atoms with Crippen LogP contribution >= 0.6 is 0 Å². The Bertz CT molecular complexity index is 325. The van der Waals surface area contributed by atoms with Gasteiger partial charge >= 0.3 is 5.97 Å². The molecule has 0 aliphatic rings. The molecule has 1 aromatic carbocycles. The molecule has 1 aromatic rings. The maximum atomic E-state index is 11.5. The Morgan fingerprint density at radius 2 is 2.00 bits per heavy atom. The molecule has 0 saturated carbocycles. The quantitative estimate of drug-likeness (QED) is 0.596. The Morgan fingerprint density at radius 1 is 1.27 bits per heavy atom. The van der Waals surface area contributed by atoms with Gasteiger partial charge in [0.15, 0.2) is 0 Å². The number of carbonyl (C=O) groups is 1. The minimum atomic E-state index is -0.347. The molecule has 1 rings (SSSR count). The summed E-state index contributed by atoms with van der Waals surface area (Å²) in [7, 11) is 0. The molecule has 82 valence electrons. The van der Waals surface area contributed by atoms with Crippen LogP contribution in [0.5, 0.6) is 0 Å². The van der Waals surface area contributed by atoms with E-state index in [0.29, 0.717) is 24.5 Å². The van der Waals surface area contributed by atoms with E-state index in [1.165, 1.54) is 0 Å². The fraction of sp³-hybridized carbons (Fsp3) is 0.364. The summed E-state index contributed by atoms with van der Waals surface area (Å²) >= 11 is 0. The summed E-state index contributed by atoms with van der Waals surface area (Å²) in [5.74, 6) is -0.347. The summed E-state index contributed by atoms with van der Waals surface area (Å²) in [4.78, 5) is 16.5. The molecule has 0 saturated heterocycles. The normalized spacial score (nSPS) is 9.73. The first-order chi connectivity index (χ1) is 7.29. The van der Waals surface area contributed by atoms with Crippen molar-refractivity contribution in [3.05, 3.63) is 29.8 Å². The van der Waals surface area contributed by atoms with Crippen molar-refractivity contribution >= 4 is 11.7 Å². The number of esters is 1. The van der Waals surface area contributed by atoms with Crippen LogP contribution in [0.3, 0.4) is 0 Å². The third kappa shape index (κ3) is 3.25. The van der Waals surface area contributed by atoms with Crippen molar-refractivity contribution in [1.82, 2.24) is 0 Å². The molecule has 15 heavy (non-hydrogen) atoms. The lowest BCUT2D eigenvalue weighted by atomic mass is 10.2. The first-order valence-corrected chi connectivity index (χ1v) is 4.93. The van der Waals surface area contributed by atoms with E-state index in [2.05, 4.69) is 5.48 Å². The largest absolute Gasteiger partial charge is 0.462 e. The van der Waals surface area contributed by atoms with Gasteiger partial charge in [-0.15, -0.1) is 0 Å². The maximum absolute atomic E-state index is 11.5. The minimum absolute atomic E-state index is 0.347. The highest BCUT2D eigenvalue weighted by Crippen LogP contribution is 2.15. The Hall–Kier alpha value is -1.55. The first-order valence-electron chi connectivity index (χ1n) is 4.93. The van der Waals surface area contributed by atoms with Gasteiger partial charge in [-0.1, -0.05) is 12.1 Å². The van der Waals surface area contributed by atoms with Crippen molar-refractivity contribution in [2.24, 2.45) is 0 Å².